The van der Waals surface area contributed by atoms with E-state index in [0.29, 0.717) is 19.0 Å². The van der Waals surface area contributed by atoms with E-state index in [1.165, 1.54) is 6.92 Å². The third-order valence-electron chi connectivity index (χ3n) is 5.67. The van der Waals surface area contributed by atoms with Crippen molar-refractivity contribution >= 4 is 0 Å². The van der Waals surface area contributed by atoms with Crippen LogP contribution in [0.3, 0.4) is 0 Å². The van der Waals surface area contributed by atoms with Gasteiger partial charge in [-0.3, -0.25) is 4.90 Å². The van der Waals surface area contributed by atoms with E-state index in [2.05, 4.69) is 0 Å². The predicted molar refractivity (Wildman–Crippen MR) is 82.8 cm³/mol. The van der Waals surface area contributed by atoms with Crippen LogP contribution in [0.25, 0.3) is 0 Å². The van der Waals surface area contributed by atoms with Crippen molar-refractivity contribution in [2.75, 3.05) is 13.1 Å². The molecule has 0 bridgehead atoms. The molecule has 0 amide bonds. The lowest BCUT2D eigenvalue weighted by Gasteiger charge is -2.44. The summed E-state index contributed by atoms with van der Waals surface area (Å²) in [6.45, 7) is 4.11. The van der Waals surface area contributed by atoms with E-state index in [-0.39, 0.29) is 12.8 Å². The van der Waals surface area contributed by atoms with Gasteiger partial charge in [0.15, 0.2) is 0 Å². The number of hydrogen-bond acceptors (Lipinski definition) is 2. The van der Waals surface area contributed by atoms with Gasteiger partial charge in [0.05, 0.1) is 6.04 Å². The third kappa shape index (κ3) is 4.86. The van der Waals surface area contributed by atoms with Gasteiger partial charge >= 0.3 is 12.1 Å². The summed E-state index contributed by atoms with van der Waals surface area (Å²) in [6.07, 6.45) is -14.4. The standard InChI is InChI=1S/C17H25F8NO/c1-10-6-8-26(9-7-10)11(2)15(19,20)12-4-3-5-13(27-12)16(21,22)14(18)17(23,24)25/h10-14H,3-9H2,1-2H3. The summed E-state index contributed by atoms with van der Waals surface area (Å²) in [5.74, 6) is -8.06. The highest BCUT2D eigenvalue weighted by Crippen LogP contribution is 2.44. The van der Waals surface area contributed by atoms with Gasteiger partial charge in [-0.25, -0.2) is 22.0 Å². The molecule has 10 heteroatoms. The van der Waals surface area contributed by atoms with Crippen LogP contribution in [0, 0.1) is 5.92 Å². The number of likely N-dealkylation sites (tertiary alicyclic amines) is 1. The molecule has 0 aliphatic carbocycles. The topological polar surface area (TPSA) is 12.5 Å². The second kappa shape index (κ2) is 8.00. The molecule has 2 nitrogen and oxygen atoms in total. The molecule has 4 unspecified atom stereocenters. The van der Waals surface area contributed by atoms with E-state index >= 15 is 0 Å². The fourth-order valence-corrected chi connectivity index (χ4v) is 3.70. The number of piperidine rings is 1. The second-order valence-corrected chi connectivity index (χ2v) is 7.69. The van der Waals surface area contributed by atoms with Gasteiger partial charge in [0.2, 0.25) is 0 Å². The van der Waals surface area contributed by atoms with Gasteiger partial charge in [0.1, 0.15) is 12.2 Å². The summed E-state index contributed by atoms with van der Waals surface area (Å²) in [5.41, 5.74) is 0. The van der Waals surface area contributed by atoms with Crippen LogP contribution in [0.2, 0.25) is 0 Å². The summed E-state index contributed by atoms with van der Waals surface area (Å²) < 4.78 is 113. The molecule has 0 radical (unpaired) electrons. The summed E-state index contributed by atoms with van der Waals surface area (Å²) in [7, 11) is 0. The predicted octanol–water partition coefficient (Wildman–Crippen LogP) is 5.22. The molecule has 0 aromatic carbocycles. The molecule has 2 aliphatic heterocycles. The maximum Gasteiger partial charge on any atom is 0.425 e. The SMILES string of the molecule is CC1CCN(C(C)C(F)(F)C2CCCC(C(F)(F)C(F)C(F)(F)F)O2)CC1. The fourth-order valence-electron chi connectivity index (χ4n) is 3.70. The number of alkyl halides is 8. The molecule has 2 rings (SSSR count). The average molecular weight is 411 g/mol. The lowest BCUT2D eigenvalue weighted by molar-refractivity contribution is -0.299. The quantitative estimate of drug-likeness (QED) is 0.576. The van der Waals surface area contributed by atoms with E-state index < -0.39 is 48.9 Å². The largest absolute Gasteiger partial charge is 0.425 e. The van der Waals surface area contributed by atoms with Crippen LogP contribution in [-0.2, 0) is 4.74 Å². The molecule has 0 aromatic rings. The Bertz CT molecular complexity index is 490. The van der Waals surface area contributed by atoms with Gasteiger partial charge in [0.25, 0.3) is 12.1 Å². The zero-order valence-corrected chi connectivity index (χ0v) is 15.2. The Balaban J connectivity index is 2.09. The molecule has 27 heavy (non-hydrogen) atoms. The molecule has 160 valence electrons. The van der Waals surface area contributed by atoms with Crippen LogP contribution in [0.4, 0.5) is 35.1 Å². The first kappa shape index (κ1) is 22.6. The van der Waals surface area contributed by atoms with Gasteiger partial charge in [-0.2, -0.15) is 13.2 Å². The third-order valence-corrected chi connectivity index (χ3v) is 5.67. The number of rotatable bonds is 5. The highest BCUT2D eigenvalue weighted by atomic mass is 19.4. The minimum atomic E-state index is -5.79. The Morgan fingerprint density at radius 2 is 1.33 bits per heavy atom. The molecular weight excluding hydrogens is 386 g/mol. The molecule has 2 saturated heterocycles. The molecule has 0 N–H and O–H groups in total. The van der Waals surface area contributed by atoms with Gasteiger partial charge in [-0.1, -0.05) is 6.92 Å². The van der Waals surface area contributed by atoms with Crippen LogP contribution >= 0.6 is 0 Å². The second-order valence-electron chi connectivity index (χ2n) is 7.69. The van der Waals surface area contributed by atoms with E-state index in [1.807, 2.05) is 6.92 Å². The number of halogens is 8. The minimum absolute atomic E-state index is 0.186. The highest BCUT2D eigenvalue weighted by Gasteiger charge is 2.63. The molecule has 2 heterocycles. The molecule has 2 fully saturated rings. The minimum Gasteiger partial charge on any atom is -0.362 e. The summed E-state index contributed by atoms with van der Waals surface area (Å²) in [4.78, 5) is 1.54. The van der Waals surface area contributed by atoms with Crippen molar-refractivity contribution in [3.63, 3.8) is 0 Å². The van der Waals surface area contributed by atoms with Gasteiger partial charge in [0, 0.05) is 0 Å². The van der Waals surface area contributed by atoms with Crippen LogP contribution in [0.15, 0.2) is 0 Å². The van der Waals surface area contributed by atoms with Gasteiger partial charge in [-0.05, 0) is 58.0 Å². The van der Waals surface area contributed by atoms with Crippen molar-refractivity contribution in [1.29, 1.82) is 0 Å². The lowest BCUT2D eigenvalue weighted by atomic mass is 9.90. The van der Waals surface area contributed by atoms with Crippen molar-refractivity contribution in [3.05, 3.63) is 0 Å². The zero-order valence-electron chi connectivity index (χ0n) is 15.2. The maximum atomic E-state index is 14.9. The van der Waals surface area contributed by atoms with Gasteiger partial charge in [-0.15, -0.1) is 0 Å². The first-order valence-corrected chi connectivity index (χ1v) is 9.13. The average Bonchev–Trinajstić information content (AvgIpc) is 2.60. The zero-order chi connectivity index (χ0) is 20.6. The van der Waals surface area contributed by atoms with Crippen molar-refractivity contribution in [2.24, 2.45) is 5.92 Å². The van der Waals surface area contributed by atoms with Crippen molar-refractivity contribution in [1.82, 2.24) is 4.90 Å². The molecule has 0 spiro atoms. The van der Waals surface area contributed by atoms with E-state index in [4.69, 9.17) is 4.74 Å². The Morgan fingerprint density at radius 3 is 1.81 bits per heavy atom. The summed E-state index contributed by atoms with van der Waals surface area (Å²) in [5, 5.41) is 0. The fraction of sp³-hybridized carbons (Fsp3) is 1.00. The van der Waals surface area contributed by atoms with Crippen molar-refractivity contribution in [3.8, 4) is 0 Å². The highest BCUT2D eigenvalue weighted by molar-refractivity contribution is 4.97. The normalized spacial score (nSPS) is 29.6. The molecule has 2 aliphatic rings. The van der Waals surface area contributed by atoms with Crippen molar-refractivity contribution in [2.45, 2.75) is 88.4 Å². The van der Waals surface area contributed by atoms with E-state index in [0.717, 1.165) is 12.8 Å². The van der Waals surface area contributed by atoms with E-state index in [1.54, 1.807) is 4.90 Å². The Kier molecular flexibility index (Phi) is 6.71. The Hall–Kier alpha value is -0.640. The Morgan fingerprint density at radius 1 is 0.852 bits per heavy atom. The monoisotopic (exact) mass is 411 g/mol. The van der Waals surface area contributed by atoms with Crippen LogP contribution in [-0.4, -0.2) is 60.4 Å². The molecular formula is C17H25F8NO. The summed E-state index contributed by atoms with van der Waals surface area (Å²) >= 11 is 0. The van der Waals surface area contributed by atoms with Crippen molar-refractivity contribution < 1.29 is 39.9 Å². The molecule has 0 aromatic heterocycles. The van der Waals surface area contributed by atoms with Gasteiger partial charge < -0.3 is 4.74 Å². The first-order valence-electron chi connectivity index (χ1n) is 9.13. The Labute approximate surface area is 153 Å². The van der Waals surface area contributed by atoms with Crippen LogP contribution in [0.5, 0.6) is 0 Å². The van der Waals surface area contributed by atoms with E-state index in [9.17, 15) is 35.1 Å². The summed E-state index contributed by atoms with van der Waals surface area (Å²) in [6, 6.07) is -1.31. The first-order chi connectivity index (χ1) is 12.3. The molecule has 0 saturated carbocycles. The maximum absolute atomic E-state index is 14.9. The molecule has 4 atom stereocenters. The number of ether oxygens (including phenoxy) is 1. The smallest absolute Gasteiger partial charge is 0.362 e. The van der Waals surface area contributed by atoms with Crippen LogP contribution < -0.4 is 0 Å². The van der Waals surface area contributed by atoms with Crippen LogP contribution in [0.1, 0.15) is 46.0 Å². The number of hydrogen-bond donors (Lipinski definition) is 0. The lowest BCUT2D eigenvalue weighted by Crippen LogP contribution is -2.59. The number of nitrogens with zero attached hydrogens (tertiary/aromatic N) is 1.